The number of fused-ring (bicyclic) bond motifs is 1. The fourth-order valence-electron chi connectivity index (χ4n) is 3.07. The summed E-state index contributed by atoms with van der Waals surface area (Å²) in [7, 11) is 0. The Morgan fingerprint density at radius 2 is 1.84 bits per heavy atom. The second-order valence-electron chi connectivity index (χ2n) is 8.12. The highest BCUT2D eigenvalue weighted by Crippen LogP contribution is 2.21. The smallest absolute Gasteiger partial charge is 0.155 e. The first kappa shape index (κ1) is 19.5. The number of benzene rings is 1. The maximum absolute atomic E-state index is 12.8. The lowest BCUT2D eigenvalue weighted by atomic mass is 9.84. The number of aryl methyl sites for hydroxylation is 2. The molecule has 1 unspecified atom stereocenters. The molecule has 0 saturated carbocycles. The molecule has 0 aliphatic heterocycles. The summed E-state index contributed by atoms with van der Waals surface area (Å²) in [5.41, 5.74) is 4.59. The van der Waals surface area contributed by atoms with E-state index in [9.17, 15) is 4.79 Å². The quantitative estimate of drug-likeness (QED) is 0.862. The Kier molecular flexibility index (Phi) is 5.94. The molecule has 1 N–H and O–H groups in total. The molecule has 4 nitrogen and oxygen atoms in total. The number of aromatic nitrogens is 2. The zero-order valence-corrected chi connectivity index (χ0v) is 16.6. The number of hydrogen-bond donors (Lipinski definition) is 1. The van der Waals surface area contributed by atoms with Crippen LogP contribution in [-0.4, -0.2) is 27.8 Å². The van der Waals surface area contributed by atoms with E-state index in [2.05, 4.69) is 43.2 Å². The standard InChI is InChI=1S/C21H31N3O/c1-8-16-14(4)23-17-10-9-15(11-18(17)24-16)12-19(22-13(2)3)20(25)21(5,6)7/h9-11,13,19,22H,8,12H2,1-7H3. The highest BCUT2D eigenvalue weighted by atomic mass is 16.1. The Morgan fingerprint density at radius 3 is 2.40 bits per heavy atom. The summed E-state index contributed by atoms with van der Waals surface area (Å²) in [6.07, 6.45) is 1.54. The number of carbonyl (C=O) groups excluding carboxylic acids is 1. The van der Waals surface area contributed by atoms with E-state index >= 15 is 0 Å². The molecule has 1 aromatic heterocycles. The number of carbonyl (C=O) groups is 1. The third-order valence-corrected chi connectivity index (χ3v) is 4.37. The van der Waals surface area contributed by atoms with Gasteiger partial charge < -0.3 is 5.32 Å². The largest absolute Gasteiger partial charge is 0.305 e. The van der Waals surface area contributed by atoms with E-state index in [0.29, 0.717) is 6.42 Å². The van der Waals surface area contributed by atoms with Gasteiger partial charge in [0, 0.05) is 11.5 Å². The van der Waals surface area contributed by atoms with Crippen molar-refractivity contribution in [3.63, 3.8) is 0 Å². The Hall–Kier alpha value is -1.81. The predicted octanol–water partition coefficient (Wildman–Crippen LogP) is 4.02. The molecule has 0 spiro atoms. The van der Waals surface area contributed by atoms with Crippen molar-refractivity contribution in [2.24, 2.45) is 5.41 Å². The molecule has 0 aliphatic carbocycles. The summed E-state index contributed by atoms with van der Waals surface area (Å²) < 4.78 is 0. The molecule has 1 atom stereocenters. The van der Waals surface area contributed by atoms with Crippen LogP contribution < -0.4 is 5.32 Å². The summed E-state index contributed by atoms with van der Waals surface area (Å²) in [6.45, 7) is 14.2. The van der Waals surface area contributed by atoms with E-state index in [1.807, 2.05) is 33.8 Å². The van der Waals surface area contributed by atoms with Gasteiger partial charge in [0.15, 0.2) is 5.78 Å². The van der Waals surface area contributed by atoms with E-state index in [0.717, 1.165) is 34.4 Å². The van der Waals surface area contributed by atoms with E-state index in [-0.39, 0.29) is 23.3 Å². The van der Waals surface area contributed by atoms with Crippen LogP contribution in [0.25, 0.3) is 11.0 Å². The molecule has 25 heavy (non-hydrogen) atoms. The monoisotopic (exact) mass is 341 g/mol. The topological polar surface area (TPSA) is 54.9 Å². The molecule has 2 aromatic rings. The molecule has 1 aromatic carbocycles. The van der Waals surface area contributed by atoms with Crippen molar-refractivity contribution in [1.82, 2.24) is 15.3 Å². The van der Waals surface area contributed by atoms with Crippen molar-refractivity contribution in [2.75, 3.05) is 0 Å². The lowest BCUT2D eigenvalue weighted by molar-refractivity contribution is -0.128. The maximum Gasteiger partial charge on any atom is 0.155 e. The molecule has 1 heterocycles. The van der Waals surface area contributed by atoms with Crippen molar-refractivity contribution in [1.29, 1.82) is 0 Å². The van der Waals surface area contributed by atoms with Crippen LogP contribution in [0.1, 0.15) is 58.5 Å². The summed E-state index contributed by atoms with van der Waals surface area (Å²) in [5, 5.41) is 3.43. The van der Waals surface area contributed by atoms with Gasteiger partial charge in [-0.15, -0.1) is 0 Å². The lowest BCUT2D eigenvalue weighted by Gasteiger charge is -2.27. The minimum absolute atomic E-state index is 0.193. The van der Waals surface area contributed by atoms with Crippen LogP contribution in [-0.2, 0) is 17.6 Å². The minimum Gasteiger partial charge on any atom is -0.305 e. The Bertz CT molecular complexity index is 760. The van der Waals surface area contributed by atoms with Gasteiger partial charge in [-0.25, -0.2) is 9.97 Å². The molecular formula is C21H31N3O. The van der Waals surface area contributed by atoms with Crippen LogP contribution in [0.15, 0.2) is 18.2 Å². The third kappa shape index (κ3) is 4.85. The highest BCUT2D eigenvalue weighted by Gasteiger charge is 2.30. The van der Waals surface area contributed by atoms with Gasteiger partial charge in [-0.3, -0.25) is 4.79 Å². The van der Waals surface area contributed by atoms with E-state index < -0.39 is 0 Å². The first-order valence-corrected chi connectivity index (χ1v) is 9.18. The van der Waals surface area contributed by atoms with Gasteiger partial charge in [0.05, 0.1) is 28.5 Å². The van der Waals surface area contributed by atoms with Gasteiger partial charge in [0.2, 0.25) is 0 Å². The number of rotatable bonds is 6. The summed E-state index contributed by atoms with van der Waals surface area (Å²) in [5.74, 6) is 0.241. The molecule has 2 rings (SSSR count). The van der Waals surface area contributed by atoms with E-state index in [4.69, 9.17) is 4.98 Å². The van der Waals surface area contributed by atoms with Crippen molar-refractivity contribution in [3.05, 3.63) is 35.2 Å². The number of Topliss-reactive ketones (excluding diaryl/α,β-unsaturated/α-hetero) is 1. The minimum atomic E-state index is -0.365. The summed E-state index contributed by atoms with van der Waals surface area (Å²) in [6, 6.07) is 6.21. The van der Waals surface area contributed by atoms with Crippen LogP contribution in [0.5, 0.6) is 0 Å². The van der Waals surface area contributed by atoms with Crippen LogP contribution in [0.3, 0.4) is 0 Å². The van der Waals surface area contributed by atoms with Gasteiger partial charge in [0.25, 0.3) is 0 Å². The Balaban J connectivity index is 2.35. The molecule has 136 valence electrons. The van der Waals surface area contributed by atoms with Crippen molar-refractivity contribution < 1.29 is 4.79 Å². The molecule has 0 saturated heterocycles. The molecule has 0 radical (unpaired) electrons. The van der Waals surface area contributed by atoms with Crippen LogP contribution in [0.2, 0.25) is 0 Å². The molecule has 4 heteroatoms. The molecule has 0 aliphatic rings. The SMILES string of the molecule is CCc1nc2cc(CC(NC(C)C)C(=O)C(C)(C)C)ccc2nc1C. The van der Waals surface area contributed by atoms with Crippen molar-refractivity contribution >= 4 is 16.8 Å². The Morgan fingerprint density at radius 1 is 1.16 bits per heavy atom. The van der Waals surface area contributed by atoms with Gasteiger partial charge in [-0.05, 0) is 37.5 Å². The Labute approximate surface area is 151 Å². The number of nitrogens with zero attached hydrogens (tertiary/aromatic N) is 2. The van der Waals surface area contributed by atoms with Crippen LogP contribution in [0, 0.1) is 12.3 Å². The number of nitrogens with one attached hydrogen (secondary N) is 1. The fourth-order valence-corrected chi connectivity index (χ4v) is 3.07. The maximum atomic E-state index is 12.8. The predicted molar refractivity (Wildman–Crippen MR) is 104 cm³/mol. The van der Waals surface area contributed by atoms with Gasteiger partial charge in [-0.2, -0.15) is 0 Å². The number of hydrogen-bond acceptors (Lipinski definition) is 4. The zero-order valence-electron chi connectivity index (χ0n) is 16.6. The molecular weight excluding hydrogens is 310 g/mol. The third-order valence-electron chi connectivity index (χ3n) is 4.37. The van der Waals surface area contributed by atoms with Gasteiger partial charge in [-0.1, -0.05) is 47.6 Å². The zero-order chi connectivity index (χ0) is 18.8. The van der Waals surface area contributed by atoms with Crippen molar-refractivity contribution in [3.8, 4) is 0 Å². The second-order valence-corrected chi connectivity index (χ2v) is 8.12. The highest BCUT2D eigenvalue weighted by molar-refractivity contribution is 5.89. The normalized spacial score (nSPS) is 13.4. The van der Waals surface area contributed by atoms with E-state index in [1.54, 1.807) is 0 Å². The number of ketones is 1. The van der Waals surface area contributed by atoms with Gasteiger partial charge >= 0.3 is 0 Å². The summed E-state index contributed by atoms with van der Waals surface area (Å²) >= 11 is 0. The average molecular weight is 341 g/mol. The van der Waals surface area contributed by atoms with E-state index in [1.165, 1.54) is 0 Å². The lowest BCUT2D eigenvalue weighted by Crippen LogP contribution is -2.47. The fraction of sp³-hybridized carbons (Fsp3) is 0.571. The van der Waals surface area contributed by atoms with Crippen LogP contribution >= 0.6 is 0 Å². The first-order valence-electron chi connectivity index (χ1n) is 9.18. The van der Waals surface area contributed by atoms with Crippen molar-refractivity contribution in [2.45, 2.75) is 73.4 Å². The molecule has 0 fully saturated rings. The average Bonchev–Trinajstić information content (AvgIpc) is 2.51. The molecule has 0 amide bonds. The first-order chi connectivity index (χ1) is 11.6. The second kappa shape index (κ2) is 7.61. The molecule has 0 bridgehead atoms. The van der Waals surface area contributed by atoms with Crippen LogP contribution in [0.4, 0.5) is 0 Å². The van der Waals surface area contributed by atoms with Gasteiger partial charge in [0.1, 0.15) is 0 Å². The summed E-state index contributed by atoms with van der Waals surface area (Å²) in [4.78, 5) is 22.2.